The molecular weight excluding hydrogens is 274 g/mol. The van der Waals surface area contributed by atoms with Gasteiger partial charge in [-0.05, 0) is 36.6 Å². The third-order valence-corrected chi connectivity index (χ3v) is 3.72. The average molecular weight is 299 g/mol. The summed E-state index contributed by atoms with van der Waals surface area (Å²) in [7, 11) is 0. The van der Waals surface area contributed by atoms with E-state index in [0.717, 1.165) is 17.7 Å². The van der Waals surface area contributed by atoms with E-state index in [4.69, 9.17) is 4.74 Å². The van der Waals surface area contributed by atoms with Crippen LogP contribution in [0.15, 0.2) is 54.6 Å². The molecule has 2 rings (SSSR count). The number of ether oxygens (including phenoxy) is 1. The van der Waals surface area contributed by atoms with Crippen molar-refractivity contribution in [2.45, 2.75) is 32.4 Å². The highest BCUT2D eigenvalue weighted by atomic mass is 16.5. The van der Waals surface area contributed by atoms with Gasteiger partial charge < -0.3 is 15.2 Å². The summed E-state index contributed by atoms with van der Waals surface area (Å²) in [5.74, 6) is 0.780. The van der Waals surface area contributed by atoms with Crippen LogP contribution in [0.25, 0.3) is 11.1 Å². The highest BCUT2D eigenvalue weighted by Crippen LogP contribution is 2.22. The predicted molar refractivity (Wildman–Crippen MR) is 91.1 cm³/mol. The van der Waals surface area contributed by atoms with Crippen molar-refractivity contribution in [3.05, 3.63) is 54.6 Å². The Bertz CT molecular complexity index is 539. The summed E-state index contributed by atoms with van der Waals surface area (Å²) < 4.78 is 5.63. The number of hydrogen-bond donors (Lipinski definition) is 2. The molecule has 2 aromatic rings. The minimum Gasteiger partial charge on any atom is -0.491 e. The zero-order valence-electron chi connectivity index (χ0n) is 13.3. The molecule has 3 nitrogen and oxygen atoms in total. The van der Waals surface area contributed by atoms with Crippen LogP contribution in [0.1, 0.15) is 20.3 Å². The summed E-state index contributed by atoms with van der Waals surface area (Å²) in [4.78, 5) is 0. The number of benzene rings is 2. The Morgan fingerprint density at radius 3 is 2.27 bits per heavy atom. The van der Waals surface area contributed by atoms with Crippen molar-refractivity contribution in [3.8, 4) is 16.9 Å². The fraction of sp³-hybridized carbons (Fsp3) is 0.368. The Balaban J connectivity index is 1.82. The standard InChI is InChI=1S/C19H25NO2/c1-3-15(2)20-13-18(21)14-22-19-11-9-17(10-12-19)16-7-5-4-6-8-16/h4-12,15,18,20-21H,3,13-14H2,1-2H3. The predicted octanol–water partition coefficient (Wildman–Crippen LogP) is 3.48. The quantitative estimate of drug-likeness (QED) is 0.784. The number of aliphatic hydroxyl groups excluding tert-OH is 1. The van der Waals surface area contributed by atoms with Crippen LogP contribution in [-0.2, 0) is 0 Å². The van der Waals surface area contributed by atoms with E-state index in [1.165, 1.54) is 5.56 Å². The first-order chi connectivity index (χ1) is 10.7. The first kappa shape index (κ1) is 16.5. The van der Waals surface area contributed by atoms with Gasteiger partial charge in [-0.2, -0.15) is 0 Å². The largest absolute Gasteiger partial charge is 0.491 e. The Hall–Kier alpha value is -1.84. The maximum absolute atomic E-state index is 9.90. The summed E-state index contributed by atoms with van der Waals surface area (Å²) in [6, 6.07) is 18.6. The molecular formula is C19H25NO2. The number of aliphatic hydroxyl groups is 1. The fourth-order valence-corrected chi connectivity index (χ4v) is 2.11. The molecule has 0 aliphatic heterocycles. The van der Waals surface area contributed by atoms with Gasteiger partial charge in [0, 0.05) is 12.6 Å². The molecule has 2 N–H and O–H groups in total. The summed E-state index contributed by atoms with van der Waals surface area (Å²) in [6.45, 7) is 5.08. The number of hydrogen-bond acceptors (Lipinski definition) is 3. The second kappa shape index (κ2) is 8.57. The summed E-state index contributed by atoms with van der Waals surface area (Å²) in [5.41, 5.74) is 2.35. The van der Waals surface area contributed by atoms with Crippen LogP contribution < -0.4 is 10.1 Å². The van der Waals surface area contributed by atoms with Crippen LogP contribution in [0.5, 0.6) is 5.75 Å². The van der Waals surface area contributed by atoms with E-state index in [2.05, 4.69) is 31.3 Å². The highest BCUT2D eigenvalue weighted by molar-refractivity contribution is 5.63. The van der Waals surface area contributed by atoms with Crippen molar-refractivity contribution >= 4 is 0 Å². The van der Waals surface area contributed by atoms with Gasteiger partial charge in [-0.1, -0.05) is 49.4 Å². The number of nitrogens with one attached hydrogen (secondary N) is 1. The average Bonchev–Trinajstić information content (AvgIpc) is 2.59. The van der Waals surface area contributed by atoms with Crippen LogP contribution in [0.3, 0.4) is 0 Å². The van der Waals surface area contributed by atoms with Crippen LogP contribution in [-0.4, -0.2) is 30.4 Å². The summed E-state index contributed by atoms with van der Waals surface area (Å²) >= 11 is 0. The molecule has 0 saturated heterocycles. The molecule has 0 radical (unpaired) electrons. The second-order valence-electron chi connectivity index (χ2n) is 5.57. The van der Waals surface area contributed by atoms with Gasteiger partial charge in [0.15, 0.2) is 0 Å². The normalized spacial score (nSPS) is 13.6. The Kier molecular flexibility index (Phi) is 6.44. The van der Waals surface area contributed by atoms with E-state index in [1.807, 2.05) is 42.5 Å². The molecule has 0 bridgehead atoms. The summed E-state index contributed by atoms with van der Waals surface area (Å²) in [5, 5.41) is 13.2. The molecule has 0 aromatic heterocycles. The monoisotopic (exact) mass is 299 g/mol. The van der Waals surface area contributed by atoms with Crippen molar-refractivity contribution in [2.75, 3.05) is 13.2 Å². The molecule has 0 amide bonds. The van der Waals surface area contributed by atoms with Gasteiger partial charge in [0.05, 0.1) is 0 Å². The van der Waals surface area contributed by atoms with Crippen LogP contribution in [0, 0.1) is 0 Å². The zero-order chi connectivity index (χ0) is 15.8. The van der Waals surface area contributed by atoms with Gasteiger partial charge >= 0.3 is 0 Å². The van der Waals surface area contributed by atoms with Crippen molar-refractivity contribution in [3.63, 3.8) is 0 Å². The SMILES string of the molecule is CCC(C)NCC(O)COc1ccc(-c2ccccc2)cc1. The van der Waals surface area contributed by atoms with Gasteiger partial charge in [0.1, 0.15) is 18.5 Å². The molecule has 0 spiro atoms. The maximum atomic E-state index is 9.90. The van der Waals surface area contributed by atoms with Crippen LogP contribution >= 0.6 is 0 Å². The maximum Gasteiger partial charge on any atom is 0.119 e. The zero-order valence-corrected chi connectivity index (χ0v) is 13.3. The molecule has 0 aliphatic rings. The molecule has 2 atom stereocenters. The van der Waals surface area contributed by atoms with E-state index in [-0.39, 0.29) is 0 Å². The molecule has 22 heavy (non-hydrogen) atoms. The van der Waals surface area contributed by atoms with Gasteiger partial charge in [0.25, 0.3) is 0 Å². The van der Waals surface area contributed by atoms with Crippen molar-refractivity contribution < 1.29 is 9.84 Å². The van der Waals surface area contributed by atoms with E-state index in [0.29, 0.717) is 19.2 Å². The van der Waals surface area contributed by atoms with Crippen molar-refractivity contribution in [2.24, 2.45) is 0 Å². The lowest BCUT2D eigenvalue weighted by Crippen LogP contribution is -2.36. The molecule has 2 aromatic carbocycles. The fourth-order valence-electron chi connectivity index (χ4n) is 2.11. The Morgan fingerprint density at radius 2 is 1.64 bits per heavy atom. The molecule has 118 valence electrons. The first-order valence-corrected chi connectivity index (χ1v) is 7.88. The van der Waals surface area contributed by atoms with E-state index < -0.39 is 6.10 Å². The van der Waals surface area contributed by atoms with Gasteiger partial charge in [-0.3, -0.25) is 0 Å². The molecule has 0 fully saturated rings. The topological polar surface area (TPSA) is 41.5 Å². The minimum atomic E-state index is -0.497. The Labute approximate surface area is 133 Å². The molecule has 0 heterocycles. The molecule has 0 saturated carbocycles. The number of rotatable bonds is 8. The minimum absolute atomic E-state index is 0.300. The lowest BCUT2D eigenvalue weighted by Gasteiger charge is -2.16. The smallest absolute Gasteiger partial charge is 0.119 e. The van der Waals surface area contributed by atoms with E-state index >= 15 is 0 Å². The van der Waals surface area contributed by atoms with E-state index in [9.17, 15) is 5.11 Å². The third kappa shape index (κ3) is 5.17. The lowest BCUT2D eigenvalue weighted by atomic mass is 10.1. The van der Waals surface area contributed by atoms with Gasteiger partial charge in [-0.15, -0.1) is 0 Å². The lowest BCUT2D eigenvalue weighted by molar-refractivity contribution is 0.104. The Morgan fingerprint density at radius 1 is 1.00 bits per heavy atom. The van der Waals surface area contributed by atoms with Gasteiger partial charge in [-0.25, -0.2) is 0 Å². The molecule has 2 unspecified atom stereocenters. The van der Waals surface area contributed by atoms with Crippen molar-refractivity contribution in [1.29, 1.82) is 0 Å². The van der Waals surface area contributed by atoms with Crippen LogP contribution in [0.4, 0.5) is 0 Å². The molecule has 0 aliphatic carbocycles. The van der Waals surface area contributed by atoms with Crippen LogP contribution in [0.2, 0.25) is 0 Å². The van der Waals surface area contributed by atoms with Gasteiger partial charge in [0.2, 0.25) is 0 Å². The third-order valence-electron chi connectivity index (χ3n) is 3.72. The molecule has 3 heteroatoms. The first-order valence-electron chi connectivity index (χ1n) is 7.88. The van der Waals surface area contributed by atoms with E-state index in [1.54, 1.807) is 0 Å². The van der Waals surface area contributed by atoms with Crippen molar-refractivity contribution in [1.82, 2.24) is 5.32 Å². The highest BCUT2D eigenvalue weighted by Gasteiger charge is 2.07. The second-order valence-corrected chi connectivity index (χ2v) is 5.57. The summed E-state index contributed by atoms with van der Waals surface area (Å²) in [6.07, 6.45) is 0.553.